The molecule has 0 heterocycles. The van der Waals surface area contributed by atoms with Crippen LogP contribution in [0.25, 0.3) is 0 Å². The molecule has 0 spiro atoms. The van der Waals surface area contributed by atoms with Gasteiger partial charge in [-0.15, -0.1) is 0 Å². The molecule has 0 aromatic heterocycles. The summed E-state index contributed by atoms with van der Waals surface area (Å²) in [6.07, 6.45) is 2.15. The molecule has 0 saturated heterocycles. The number of hydrogen-bond donors (Lipinski definition) is 1. The lowest BCUT2D eigenvalue weighted by molar-refractivity contribution is 0.252. The second-order valence-corrected chi connectivity index (χ2v) is 4.95. The minimum atomic E-state index is -2.35. The Hall–Kier alpha value is -0.610. The Kier molecular flexibility index (Phi) is 2.98. The van der Waals surface area contributed by atoms with Crippen LogP contribution in [-0.2, 0) is 5.41 Å². The predicted octanol–water partition coefficient (Wildman–Crippen LogP) is 2.99. The number of thioether (sulfide) groups is 1. The standard InChI is InChI=1S/C11H13F2NS/c12-10(13)15-9-3-1-2-8(6-9)11(7-14)4-5-11/h1-3,6,10H,4-5,7,14H2. The molecule has 0 bridgehead atoms. The summed E-state index contributed by atoms with van der Waals surface area (Å²) in [6, 6.07) is 7.37. The maximum atomic E-state index is 12.2. The molecule has 0 radical (unpaired) electrons. The van der Waals surface area contributed by atoms with Crippen molar-refractivity contribution in [1.82, 2.24) is 0 Å². The highest BCUT2D eigenvalue weighted by molar-refractivity contribution is 7.99. The lowest BCUT2D eigenvalue weighted by Gasteiger charge is -2.13. The Balaban J connectivity index is 2.19. The molecular formula is C11H13F2NS. The molecule has 1 aromatic carbocycles. The van der Waals surface area contributed by atoms with Crippen molar-refractivity contribution in [3.8, 4) is 0 Å². The molecule has 15 heavy (non-hydrogen) atoms. The molecular weight excluding hydrogens is 216 g/mol. The molecule has 4 heteroatoms. The third-order valence-electron chi connectivity index (χ3n) is 2.92. The Labute approximate surface area is 92.0 Å². The van der Waals surface area contributed by atoms with Gasteiger partial charge in [0.05, 0.1) is 0 Å². The van der Waals surface area contributed by atoms with Gasteiger partial charge >= 0.3 is 0 Å². The fourth-order valence-corrected chi connectivity index (χ4v) is 2.32. The molecule has 1 aromatic rings. The fourth-order valence-electron chi connectivity index (χ4n) is 1.76. The third kappa shape index (κ3) is 2.32. The van der Waals surface area contributed by atoms with Gasteiger partial charge in [-0.05, 0) is 30.5 Å². The average molecular weight is 229 g/mol. The number of halogens is 2. The largest absolute Gasteiger partial charge is 0.330 e. The van der Waals surface area contributed by atoms with Crippen LogP contribution >= 0.6 is 11.8 Å². The topological polar surface area (TPSA) is 26.0 Å². The van der Waals surface area contributed by atoms with Gasteiger partial charge in [0.25, 0.3) is 5.76 Å². The zero-order chi connectivity index (χ0) is 10.9. The molecule has 1 aliphatic rings. The maximum Gasteiger partial charge on any atom is 0.288 e. The van der Waals surface area contributed by atoms with Crippen LogP contribution in [0.2, 0.25) is 0 Å². The summed E-state index contributed by atoms with van der Waals surface area (Å²) in [4.78, 5) is 0.627. The van der Waals surface area contributed by atoms with E-state index in [0.29, 0.717) is 23.2 Å². The van der Waals surface area contributed by atoms with E-state index in [-0.39, 0.29) is 5.41 Å². The Morgan fingerprint density at radius 3 is 2.67 bits per heavy atom. The van der Waals surface area contributed by atoms with E-state index in [4.69, 9.17) is 5.73 Å². The highest BCUT2D eigenvalue weighted by Gasteiger charge is 2.42. The van der Waals surface area contributed by atoms with Crippen LogP contribution in [0, 0.1) is 0 Å². The molecule has 2 rings (SSSR count). The summed E-state index contributed by atoms with van der Waals surface area (Å²) in [6.45, 7) is 0.607. The van der Waals surface area contributed by atoms with Crippen molar-refractivity contribution in [3.05, 3.63) is 29.8 Å². The van der Waals surface area contributed by atoms with E-state index in [1.54, 1.807) is 6.07 Å². The summed E-state index contributed by atoms with van der Waals surface area (Å²) >= 11 is 0.593. The van der Waals surface area contributed by atoms with Crippen LogP contribution in [0.3, 0.4) is 0 Å². The SMILES string of the molecule is NCC1(c2cccc(SC(F)F)c2)CC1. The average Bonchev–Trinajstić information content (AvgIpc) is 2.97. The zero-order valence-electron chi connectivity index (χ0n) is 8.25. The maximum absolute atomic E-state index is 12.2. The third-order valence-corrected chi connectivity index (χ3v) is 3.62. The number of alkyl halides is 2. The lowest BCUT2D eigenvalue weighted by atomic mass is 9.96. The van der Waals surface area contributed by atoms with Crippen LogP contribution in [0.5, 0.6) is 0 Å². The van der Waals surface area contributed by atoms with Gasteiger partial charge in [-0.2, -0.15) is 8.78 Å². The second kappa shape index (κ2) is 4.10. The Bertz CT molecular complexity index is 350. The molecule has 0 amide bonds. The van der Waals surface area contributed by atoms with Crippen molar-refractivity contribution < 1.29 is 8.78 Å². The van der Waals surface area contributed by atoms with Crippen LogP contribution in [0.4, 0.5) is 8.78 Å². The van der Waals surface area contributed by atoms with Crippen molar-refractivity contribution in [2.24, 2.45) is 5.73 Å². The van der Waals surface area contributed by atoms with Crippen LogP contribution in [-0.4, -0.2) is 12.3 Å². The lowest BCUT2D eigenvalue weighted by Crippen LogP contribution is -2.19. The van der Waals surface area contributed by atoms with Gasteiger partial charge in [-0.25, -0.2) is 0 Å². The van der Waals surface area contributed by atoms with E-state index in [1.165, 1.54) is 0 Å². The molecule has 82 valence electrons. The van der Waals surface area contributed by atoms with Crippen LogP contribution in [0.1, 0.15) is 18.4 Å². The first-order valence-corrected chi connectivity index (χ1v) is 5.80. The van der Waals surface area contributed by atoms with Crippen molar-refractivity contribution in [1.29, 1.82) is 0 Å². The van der Waals surface area contributed by atoms with E-state index in [9.17, 15) is 8.78 Å². The number of hydrogen-bond acceptors (Lipinski definition) is 2. The molecule has 0 aliphatic heterocycles. The highest BCUT2D eigenvalue weighted by Crippen LogP contribution is 2.47. The van der Waals surface area contributed by atoms with Crippen molar-refractivity contribution in [3.63, 3.8) is 0 Å². The summed E-state index contributed by atoms with van der Waals surface area (Å²) in [5, 5.41) is 0. The van der Waals surface area contributed by atoms with E-state index >= 15 is 0 Å². The monoisotopic (exact) mass is 229 g/mol. The first-order valence-electron chi connectivity index (χ1n) is 4.92. The minimum Gasteiger partial charge on any atom is -0.330 e. The first-order chi connectivity index (χ1) is 7.16. The van der Waals surface area contributed by atoms with Gasteiger partial charge in [0.15, 0.2) is 0 Å². The Morgan fingerprint density at radius 1 is 1.40 bits per heavy atom. The summed E-state index contributed by atoms with van der Waals surface area (Å²) in [5.41, 5.74) is 6.89. The van der Waals surface area contributed by atoms with Crippen molar-refractivity contribution in [2.75, 3.05) is 6.54 Å². The molecule has 1 fully saturated rings. The smallest absolute Gasteiger partial charge is 0.288 e. The highest BCUT2D eigenvalue weighted by atomic mass is 32.2. The van der Waals surface area contributed by atoms with Gasteiger partial charge in [-0.3, -0.25) is 0 Å². The molecule has 0 unspecified atom stereocenters. The summed E-state index contributed by atoms with van der Waals surface area (Å²) in [7, 11) is 0. The van der Waals surface area contributed by atoms with Gasteiger partial charge in [0.2, 0.25) is 0 Å². The molecule has 1 aliphatic carbocycles. The summed E-state index contributed by atoms with van der Waals surface area (Å²) < 4.78 is 24.4. The van der Waals surface area contributed by atoms with Crippen molar-refractivity contribution >= 4 is 11.8 Å². The van der Waals surface area contributed by atoms with E-state index in [1.807, 2.05) is 18.2 Å². The van der Waals surface area contributed by atoms with E-state index in [2.05, 4.69) is 0 Å². The van der Waals surface area contributed by atoms with E-state index < -0.39 is 5.76 Å². The molecule has 0 atom stereocenters. The van der Waals surface area contributed by atoms with E-state index in [0.717, 1.165) is 18.4 Å². The molecule has 1 saturated carbocycles. The van der Waals surface area contributed by atoms with Crippen LogP contribution < -0.4 is 5.73 Å². The number of rotatable bonds is 4. The fraction of sp³-hybridized carbons (Fsp3) is 0.455. The second-order valence-electron chi connectivity index (χ2n) is 3.89. The number of nitrogens with two attached hydrogens (primary N) is 1. The summed E-state index contributed by atoms with van der Waals surface area (Å²) in [5.74, 6) is -2.35. The van der Waals surface area contributed by atoms with Crippen molar-refractivity contribution in [2.45, 2.75) is 28.9 Å². The number of benzene rings is 1. The zero-order valence-corrected chi connectivity index (χ0v) is 9.07. The molecule has 2 N–H and O–H groups in total. The normalized spacial score (nSPS) is 18.1. The molecule has 1 nitrogen and oxygen atoms in total. The Morgan fingerprint density at radius 2 is 2.13 bits per heavy atom. The van der Waals surface area contributed by atoms with Gasteiger partial charge in [-0.1, -0.05) is 23.9 Å². The predicted molar refractivity (Wildman–Crippen MR) is 58.3 cm³/mol. The van der Waals surface area contributed by atoms with Crippen LogP contribution in [0.15, 0.2) is 29.2 Å². The first kappa shape index (κ1) is 10.9. The minimum absolute atomic E-state index is 0.0820. The van der Waals surface area contributed by atoms with Gasteiger partial charge in [0, 0.05) is 16.9 Å². The van der Waals surface area contributed by atoms with Gasteiger partial charge in [0.1, 0.15) is 0 Å². The van der Waals surface area contributed by atoms with Gasteiger partial charge < -0.3 is 5.73 Å². The quantitative estimate of drug-likeness (QED) is 0.803.